The molecule has 0 aliphatic heterocycles. The Labute approximate surface area is 259 Å². The summed E-state index contributed by atoms with van der Waals surface area (Å²) in [6, 6.07) is 11.0. The molecule has 2 aromatic heterocycles. The van der Waals surface area contributed by atoms with Gasteiger partial charge in [0.1, 0.15) is 17.0 Å². The summed E-state index contributed by atoms with van der Waals surface area (Å²) in [6.45, 7) is 5.51. The van der Waals surface area contributed by atoms with Crippen molar-refractivity contribution in [1.29, 1.82) is 0 Å². The number of carboxylic acids is 1. The first-order valence-electron chi connectivity index (χ1n) is 14.4. The highest BCUT2D eigenvalue weighted by Gasteiger charge is 2.41. The van der Waals surface area contributed by atoms with Crippen LogP contribution >= 0.6 is 24.0 Å². The monoisotopic (exact) mass is 617 g/mol. The van der Waals surface area contributed by atoms with Crippen LogP contribution in [-0.4, -0.2) is 69.4 Å². The van der Waals surface area contributed by atoms with Crippen LogP contribution in [0.4, 0.5) is 0 Å². The van der Waals surface area contributed by atoms with Crippen molar-refractivity contribution in [1.82, 2.24) is 25.0 Å². The number of benzene rings is 1. The number of carbonyl (C=O) groups excluding carboxylic acids is 1. The number of aliphatic carboxylic acids is 1. The fourth-order valence-electron chi connectivity index (χ4n) is 5.22. The summed E-state index contributed by atoms with van der Waals surface area (Å²) in [5.41, 5.74) is 2.78. The third-order valence-corrected chi connectivity index (χ3v) is 7.89. The Morgan fingerprint density at radius 3 is 2.48 bits per heavy atom. The molecule has 0 spiro atoms. The number of carboxylic acid groups (broad SMARTS) is 1. The van der Waals surface area contributed by atoms with Crippen molar-refractivity contribution in [3.63, 3.8) is 0 Å². The van der Waals surface area contributed by atoms with Gasteiger partial charge < -0.3 is 20.1 Å². The fraction of sp³-hybridized carbons (Fsp3) is 0.484. The van der Waals surface area contributed by atoms with Gasteiger partial charge in [-0.05, 0) is 76.5 Å². The molecule has 1 aromatic carbocycles. The lowest BCUT2D eigenvalue weighted by molar-refractivity contribution is -0.145. The van der Waals surface area contributed by atoms with Gasteiger partial charge in [0.05, 0.1) is 28.7 Å². The highest BCUT2D eigenvalue weighted by atomic mass is 35.5. The molecular formula is C31H41Cl2N5O4. The van der Waals surface area contributed by atoms with Crippen LogP contribution < -0.4 is 10.1 Å². The first-order valence-corrected chi connectivity index (χ1v) is 14.8. The Bertz CT molecular complexity index is 1390. The molecule has 1 saturated carbocycles. The van der Waals surface area contributed by atoms with E-state index in [9.17, 15) is 14.7 Å². The molecule has 11 heteroatoms. The van der Waals surface area contributed by atoms with Crippen LogP contribution in [0.1, 0.15) is 74.2 Å². The lowest BCUT2D eigenvalue weighted by Gasteiger charge is -2.33. The molecule has 1 fully saturated rings. The van der Waals surface area contributed by atoms with Crippen LogP contribution in [0.3, 0.4) is 0 Å². The van der Waals surface area contributed by atoms with Gasteiger partial charge in [0.15, 0.2) is 0 Å². The quantitative estimate of drug-likeness (QED) is 0.240. The molecule has 1 aliphatic carbocycles. The van der Waals surface area contributed by atoms with Gasteiger partial charge in [-0.25, -0.2) is 14.5 Å². The van der Waals surface area contributed by atoms with Crippen molar-refractivity contribution in [2.45, 2.75) is 70.8 Å². The average molecular weight is 619 g/mol. The summed E-state index contributed by atoms with van der Waals surface area (Å²) in [5, 5.41) is 18.1. The molecule has 2 heterocycles. The number of hydrogen-bond acceptors (Lipinski definition) is 6. The topological polar surface area (TPSA) is 110 Å². The molecule has 0 atom stereocenters. The number of carbonyl (C=O) groups is 2. The van der Waals surface area contributed by atoms with Crippen LogP contribution in [-0.2, 0) is 17.6 Å². The number of hydrogen-bond donors (Lipinski definition) is 2. The molecule has 1 amide bonds. The third-order valence-electron chi connectivity index (χ3n) is 7.57. The Kier molecular flexibility index (Phi) is 11.8. The number of nitrogens with zero attached hydrogens (tertiary/aromatic N) is 4. The Balaban J connectivity index is 0.00000484. The third kappa shape index (κ3) is 7.62. The summed E-state index contributed by atoms with van der Waals surface area (Å²) in [5.74, 6) is -0.989. The minimum Gasteiger partial charge on any atom is -0.492 e. The Morgan fingerprint density at radius 2 is 1.83 bits per heavy atom. The van der Waals surface area contributed by atoms with Crippen LogP contribution in [0.25, 0.3) is 16.9 Å². The molecule has 2 N–H and O–H groups in total. The zero-order chi connectivity index (χ0) is 29.6. The van der Waals surface area contributed by atoms with E-state index in [1.807, 2.05) is 37.0 Å². The van der Waals surface area contributed by atoms with E-state index in [4.69, 9.17) is 26.4 Å². The maximum Gasteiger partial charge on any atom is 0.329 e. The van der Waals surface area contributed by atoms with Crippen molar-refractivity contribution in [3.8, 4) is 22.7 Å². The van der Waals surface area contributed by atoms with E-state index in [1.54, 1.807) is 12.1 Å². The maximum atomic E-state index is 13.5. The molecule has 0 unspecified atom stereocenters. The minimum absolute atomic E-state index is 0. The van der Waals surface area contributed by atoms with Crippen LogP contribution in [0.5, 0.6) is 5.75 Å². The molecule has 0 saturated heterocycles. The second kappa shape index (κ2) is 14.8. The molecule has 3 aromatic rings. The number of amides is 1. The van der Waals surface area contributed by atoms with E-state index in [0.29, 0.717) is 47.2 Å². The van der Waals surface area contributed by atoms with Crippen LogP contribution in [0.2, 0.25) is 5.02 Å². The second-order valence-electron chi connectivity index (χ2n) is 10.9. The average Bonchev–Trinajstić information content (AvgIpc) is 3.39. The number of rotatable bonds is 12. The number of nitrogens with one attached hydrogen (secondary N) is 1. The standard InChI is InChI=1S/C31H40ClN5O4.ClH/c1-5-22-20-23(6-2)37(35-22)26-14-13-25(29(38)34-31(30(39)40)15-8-7-9-16-31)33-28(26)21-11-12-24(32)27(19-21)41-18-10-17-36(3)4;/h11-14,19-20H,5-10,15-18H2,1-4H3,(H,34,38)(H,39,40);1H. The van der Waals surface area contributed by atoms with Gasteiger partial charge in [-0.3, -0.25) is 4.79 Å². The number of aromatic nitrogens is 3. The normalized spacial score (nSPS) is 14.3. The summed E-state index contributed by atoms with van der Waals surface area (Å²) in [7, 11) is 4.03. The Morgan fingerprint density at radius 1 is 1.10 bits per heavy atom. The van der Waals surface area contributed by atoms with E-state index in [1.165, 1.54) is 0 Å². The molecule has 0 radical (unpaired) electrons. The van der Waals surface area contributed by atoms with Gasteiger partial charge in [0.25, 0.3) is 5.91 Å². The molecule has 4 rings (SSSR count). The van der Waals surface area contributed by atoms with Crippen molar-refractivity contribution in [2.75, 3.05) is 27.2 Å². The number of pyridine rings is 1. The van der Waals surface area contributed by atoms with Crippen LogP contribution in [0, 0.1) is 0 Å². The predicted molar refractivity (Wildman–Crippen MR) is 167 cm³/mol. The van der Waals surface area contributed by atoms with E-state index < -0.39 is 17.4 Å². The minimum atomic E-state index is -1.28. The van der Waals surface area contributed by atoms with Gasteiger partial charge in [-0.1, -0.05) is 50.8 Å². The van der Waals surface area contributed by atoms with Crippen molar-refractivity contribution < 1.29 is 19.4 Å². The number of halogens is 2. The molecule has 228 valence electrons. The molecule has 1 aliphatic rings. The molecule has 9 nitrogen and oxygen atoms in total. The van der Waals surface area contributed by atoms with Gasteiger partial charge >= 0.3 is 5.97 Å². The summed E-state index contributed by atoms with van der Waals surface area (Å²) >= 11 is 6.49. The lowest BCUT2D eigenvalue weighted by atomic mass is 9.81. The number of aryl methyl sites for hydroxylation is 2. The lowest BCUT2D eigenvalue weighted by Crippen LogP contribution is -2.55. The van der Waals surface area contributed by atoms with E-state index >= 15 is 0 Å². The smallest absolute Gasteiger partial charge is 0.329 e. The van der Waals surface area contributed by atoms with E-state index in [-0.39, 0.29) is 18.1 Å². The predicted octanol–water partition coefficient (Wildman–Crippen LogP) is 5.98. The SMILES string of the molecule is CCc1cc(CC)n(-c2ccc(C(=O)NC3(C(=O)O)CCCCC3)nc2-c2ccc(Cl)c(OCCCN(C)C)c2)n1.Cl. The van der Waals surface area contributed by atoms with Crippen molar-refractivity contribution >= 4 is 35.9 Å². The van der Waals surface area contributed by atoms with Gasteiger partial charge in [-0.15, -0.1) is 12.4 Å². The molecule has 42 heavy (non-hydrogen) atoms. The molecule has 0 bridgehead atoms. The highest BCUT2D eigenvalue weighted by Crippen LogP contribution is 2.34. The largest absolute Gasteiger partial charge is 0.492 e. The molecular weight excluding hydrogens is 577 g/mol. The summed E-state index contributed by atoms with van der Waals surface area (Å²) < 4.78 is 7.90. The Hall–Kier alpha value is -3.14. The summed E-state index contributed by atoms with van der Waals surface area (Å²) in [6.07, 6.45) is 5.65. The van der Waals surface area contributed by atoms with Gasteiger partial charge in [-0.2, -0.15) is 5.10 Å². The first-order chi connectivity index (χ1) is 19.7. The maximum absolute atomic E-state index is 13.5. The number of ether oxygens (including phenoxy) is 1. The fourth-order valence-corrected chi connectivity index (χ4v) is 5.40. The van der Waals surface area contributed by atoms with Crippen molar-refractivity contribution in [3.05, 3.63) is 58.5 Å². The van der Waals surface area contributed by atoms with E-state index in [2.05, 4.69) is 30.1 Å². The zero-order valence-electron chi connectivity index (χ0n) is 24.8. The summed E-state index contributed by atoms with van der Waals surface area (Å²) in [4.78, 5) is 32.6. The van der Waals surface area contributed by atoms with Gasteiger partial charge in [0.2, 0.25) is 0 Å². The zero-order valence-corrected chi connectivity index (χ0v) is 26.4. The van der Waals surface area contributed by atoms with Crippen molar-refractivity contribution in [2.24, 2.45) is 0 Å². The first kappa shape index (κ1) is 33.4. The highest BCUT2D eigenvalue weighted by molar-refractivity contribution is 6.32. The van der Waals surface area contributed by atoms with E-state index in [0.717, 1.165) is 56.5 Å². The second-order valence-corrected chi connectivity index (χ2v) is 11.3. The van der Waals surface area contributed by atoms with Gasteiger partial charge in [0, 0.05) is 17.8 Å². The van der Waals surface area contributed by atoms with Crippen LogP contribution in [0.15, 0.2) is 36.4 Å².